The molecule has 3 aromatic carbocycles. The van der Waals surface area contributed by atoms with Crippen LogP contribution in [0.1, 0.15) is 45.1 Å². The van der Waals surface area contributed by atoms with Crippen LogP contribution in [-0.2, 0) is 24.1 Å². The van der Waals surface area contributed by atoms with Crippen molar-refractivity contribution in [1.82, 2.24) is 5.32 Å². The molecule has 3 nitrogen and oxygen atoms in total. The SMILES string of the molecule is COC(=O)c1cccc(CNC2c3ccccc3CCC2Cc2ccccc2)c1. The Morgan fingerprint density at radius 1 is 0.966 bits per heavy atom. The number of benzene rings is 3. The average Bonchev–Trinajstić information content (AvgIpc) is 2.78. The van der Waals surface area contributed by atoms with E-state index in [1.807, 2.05) is 12.1 Å². The summed E-state index contributed by atoms with van der Waals surface area (Å²) in [6.45, 7) is 0.717. The molecule has 0 bridgehead atoms. The highest BCUT2D eigenvalue weighted by molar-refractivity contribution is 5.89. The lowest BCUT2D eigenvalue weighted by Gasteiger charge is -2.35. The van der Waals surface area contributed by atoms with E-state index in [0.29, 0.717) is 17.5 Å². The van der Waals surface area contributed by atoms with Gasteiger partial charge in [0.15, 0.2) is 0 Å². The van der Waals surface area contributed by atoms with Crippen molar-refractivity contribution in [3.8, 4) is 0 Å². The number of hydrogen-bond donors (Lipinski definition) is 1. The minimum Gasteiger partial charge on any atom is -0.465 e. The minimum absolute atomic E-state index is 0.293. The van der Waals surface area contributed by atoms with E-state index in [2.05, 4.69) is 66.0 Å². The van der Waals surface area contributed by atoms with Crippen molar-refractivity contribution in [2.75, 3.05) is 7.11 Å². The zero-order chi connectivity index (χ0) is 20.1. The topological polar surface area (TPSA) is 38.3 Å². The Morgan fingerprint density at radius 2 is 1.72 bits per heavy atom. The Bertz CT molecular complexity index is 967. The molecule has 0 spiro atoms. The van der Waals surface area contributed by atoms with Gasteiger partial charge in [0.05, 0.1) is 12.7 Å². The molecule has 2 unspecified atom stereocenters. The Kier molecular flexibility index (Phi) is 6.06. The molecule has 4 rings (SSSR count). The smallest absolute Gasteiger partial charge is 0.337 e. The number of hydrogen-bond acceptors (Lipinski definition) is 3. The van der Waals surface area contributed by atoms with Gasteiger partial charge in [-0.25, -0.2) is 4.79 Å². The Labute approximate surface area is 172 Å². The number of fused-ring (bicyclic) bond motifs is 1. The zero-order valence-electron chi connectivity index (χ0n) is 16.8. The first-order chi connectivity index (χ1) is 14.2. The third-order valence-electron chi connectivity index (χ3n) is 5.86. The van der Waals surface area contributed by atoms with Gasteiger partial charge in [0.1, 0.15) is 0 Å². The number of ether oxygens (including phenoxy) is 1. The molecule has 1 aliphatic rings. The number of carbonyl (C=O) groups is 1. The lowest BCUT2D eigenvalue weighted by molar-refractivity contribution is 0.0600. The zero-order valence-corrected chi connectivity index (χ0v) is 16.8. The van der Waals surface area contributed by atoms with E-state index in [0.717, 1.165) is 24.9 Å². The summed E-state index contributed by atoms with van der Waals surface area (Å²) >= 11 is 0. The van der Waals surface area contributed by atoms with Gasteiger partial charge in [-0.05, 0) is 59.6 Å². The molecule has 148 valence electrons. The van der Waals surface area contributed by atoms with E-state index < -0.39 is 0 Å². The molecule has 1 N–H and O–H groups in total. The second kappa shape index (κ2) is 9.06. The molecule has 0 aromatic heterocycles. The van der Waals surface area contributed by atoms with Crippen LogP contribution >= 0.6 is 0 Å². The highest BCUT2D eigenvalue weighted by Crippen LogP contribution is 2.36. The third-order valence-corrected chi connectivity index (χ3v) is 5.86. The van der Waals surface area contributed by atoms with E-state index in [9.17, 15) is 4.79 Å². The molecule has 0 amide bonds. The quantitative estimate of drug-likeness (QED) is 0.599. The summed E-state index contributed by atoms with van der Waals surface area (Å²) in [5.41, 5.74) is 5.92. The Morgan fingerprint density at radius 3 is 2.55 bits per heavy atom. The molecule has 0 heterocycles. The predicted octanol–water partition coefficient (Wildman–Crippen LogP) is 5.11. The van der Waals surface area contributed by atoms with Gasteiger partial charge in [-0.1, -0.05) is 66.7 Å². The second-order valence-corrected chi connectivity index (χ2v) is 7.74. The molecule has 0 saturated carbocycles. The van der Waals surface area contributed by atoms with Crippen LogP contribution in [0.2, 0.25) is 0 Å². The van der Waals surface area contributed by atoms with Gasteiger partial charge in [-0.2, -0.15) is 0 Å². The average molecular weight is 386 g/mol. The third kappa shape index (κ3) is 4.57. The van der Waals surface area contributed by atoms with Crippen molar-refractivity contribution in [1.29, 1.82) is 0 Å². The lowest BCUT2D eigenvalue weighted by Crippen LogP contribution is -2.33. The molecule has 0 saturated heterocycles. The molecule has 3 heteroatoms. The first-order valence-electron chi connectivity index (χ1n) is 10.3. The monoisotopic (exact) mass is 385 g/mol. The summed E-state index contributed by atoms with van der Waals surface area (Å²) in [4.78, 5) is 11.8. The summed E-state index contributed by atoms with van der Waals surface area (Å²) < 4.78 is 4.86. The van der Waals surface area contributed by atoms with Gasteiger partial charge in [0, 0.05) is 12.6 Å². The highest BCUT2D eigenvalue weighted by Gasteiger charge is 2.29. The van der Waals surface area contributed by atoms with Crippen LogP contribution in [0.4, 0.5) is 0 Å². The van der Waals surface area contributed by atoms with Crippen LogP contribution in [0.25, 0.3) is 0 Å². The van der Waals surface area contributed by atoms with Gasteiger partial charge in [0.2, 0.25) is 0 Å². The van der Waals surface area contributed by atoms with Crippen LogP contribution in [-0.4, -0.2) is 13.1 Å². The summed E-state index contributed by atoms with van der Waals surface area (Å²) in [5, 5.41) is 3.80. The Hall–Kier alpha value is -2.91. The summed E-state index contributed by atoms with van der Waals surface area (Å²) in [6, 6.07) is 27.5. The van der Waals surface area contributed by atoms with E-state index in [4.69, 9.17) is 4.74 Å². The minimum atomic E-state index is -0.295. The van der Waals surface area contributed by atoms with E-state index in [-0.39, 0.29) is 5.97 Å². The fourth-order valence-corrected chi connectivity index (χ4v) is 4.39. The first kappa shape index (κ1) is 19.4. The second-order valence-electron chi connectivity index (χ2n) is 7.74. The number of methoxy groups -OCH3 is 1. The van der Waals surface area contributed by atoms with E-state index >= 15 is 0 Å². The number of carbonyl (C=O) groups excluding carboxylic acids is 1. The summed E-state index contributed by atoms with van der Waals surface area (Å²) in [5.74, 6) is 0.243. The van der Waals surface area contributed by atoms with Gasteiger partial charge >= 0.3 is 5.97 Å². The fraction of sp³-hybridized carbons (Fsp3) is 0.269. The molecular formula is C26H27NO2. The van der Waals surface area contributed by atoms with Gasteiger partial charge in [-0.3, -0.25) is 0 Å². The van der Waals surface area contributed by atoms with Crippen LogP contribution in [0.5, 0.6) is 0 Å². The van der Waals surface area contributed by atoms with Crippen molar-refractivity contribution in [2.24, 2.45) is 5.92 Å². The number of rotatable bonds is 6. The molecule has 2 atom stereocenters. The van der Waals surface area contributed by atoms with Crippen molar-refractivity contribution in [2.45, 2.75) is 31.8 Å². The van der Waals surface area contributed by atoms with Crippen LogP contribution in [0.15, 0.2) is 78.9 Å². The number of aryl methyl sites for hydroxylation is 1. The normalized spacial score (nSPS) is 18.1. The number of nitrogens with one attached hydrogen (secondary N) is 1. The Balaban J connectivity index is 1.55. The fourth-order valence-electron chi connectivity index (χ4n) is 4.39. The standard InChI is InChI=1S/C26H27NO2/c1-29-26(28)23-12-7-10-20(17-23)18-27-25-22(16-19-8-3-2-4-9-19)15-14-21-11-5-6-13-24(21)25/h2-13,17,22,25,27H,14-16,18H2,1H3. The number of esters is 1. The van der Waals surface area contributed by atoms with E-state index in [1.165, 1.54) is 30.2 Å². The predicted molar refractivity (Wildman–Crippen MR) is 116 cm³/mol. The van der Waals surface area contributed by atoms with Crippen molar-refractivity contribution in [3.63, 3.8) is 0 Å². The lowest BCUT2D eigenvalue weighted by atomic mass is 9.77. The first-order valence-corrected chi connectivity index (χ1v) is 10.3. The maximum atomic E-state index is 11.8. The van der Waals surface area contributed by atoms with Crippen LogP contribution in [0.3, 0.4) is 0 Å². The molecule has 0 aliphatic heterocycles. The molecule has 29 heavy (non-hydrogen) atoms. The highest BCUT2D eigenvalue weighted by atomic mass is 16.5. The van der Waals surface area contributed by atoms with Crippen LogP contribution < -0.4 is 5.32 Å². The molecule has 0 radical (unpaired) electrons. The maximum Gasteiger partial charge on any atom is 0.337 e. The molecule has 0 fully saturated rings. The maximum absolute atomic E-state index is 11.8. The largest absolute Gasteiger partial charge is 0.465 e. The molecular weight excluding hydrogens is 358 g/mol. The molecule has 1 aliphatic carbocycles. The van der Waals surface area contributed by atoms with Crippen molar-refractivity contribution >= 4 is 5.97 Å². The van der Waals surface area contributed by atoms with Gasteiger partial charge in [0.25, 0.3) is 0 Å². The van der Waals surface area contributed by atoms with Crippen LogP contribution in [0, 0.1) is 5.92 Å². The van der Waals surface area contributed by atoms with Gasteiger partial charge < -0.3 is 10.1 Å². The summed E-state index contributed by atoms with van der Waals surface area (Å²) in [6.07, 6.45) is 3.37. The van der Waals surface area contributed by atoms with Crippen molar-refractivity contribution in [3.05, 3.63) is 107 Å². The van der Waals surface area contributed by atoms with E-state index in [1.54, 1.807) is 6.07 Å². The van der Waals surface area contributed by atoms with Crippen molar-refractivity contribution < 1.29 is 9.53 Å². The van der Waals surface area contributed by atoms with Gasteiger partial charge in [-0.15, -0.1) is 0 Å². The molecule has 3 aromatic rings. The summed E-state index contributed by atoms with van der Waals surface area (Å²) in [7, 11) is 1.42.